The van der Waals surface area contributed by atoms with Crippen LogP contribution < -0.4 is 22.1 Å². The van der Waals surface area contributed by atoms with Crippen LogP contribution in [0.4, 0.5) is 5.69 Å². The first-order chi connectivity index (χ1) is 14.0. The van der Waals surface area contributed by atoms with Gasteiger partial charge in [-0.3, -0.25) is 9.59 Å². The molecule has 1 aliphatic rings. The van der Waals surface area contributed by atoms with Crippen LogP contribution in [0.1, 0.15) is 57.9 Å². The SMILES string of the molecule is CC([NH3+])/C=C(\N)C(=O)Nc1ccc(C2CCC(C(=O)NC(C)(C)C(=O)O)CC2)cc1. The number of carboxylic acids is 1. The van der Waals surface area contributed by atoms with Crippen molar-refractivity contribution in [1.29, 1.82) is 0 Å². The first-order valence-electron chi connectivity index (χ1n) is 10.3. The molecule has 0 spiro atoms. The van der Waals surface area contributed by atoms with Crippen LogP contribution in [0.25, 0.3) is 0 Å². The number of nitrogens with one attached hydrogen (secondary N) is 2. The van der Waals surface area contributed by atoms with E-state index in [1.807, 2.05) is 31.2 Å². The second kappa shape index (κ2) is 9.75. The van der Waals surface area contributed by atoms with Crippen LogP contribution in [0.15, 0.2) is 36.0 Å². The Morgan fingerprint density at radius 1 is 1.17 bits per heavy atom. The van der Waals surface area contributed by atoms with Crippen molar-refractivity contribution < 1.29 is 25.2 Å². The Balaban J connectivity index is 1.90. The molecule has 2 amide bonds. The molecule has 1 atom stereocenters. The number of benzene rings is 1. The third-order valence-electron chi connectivity index (χ3n) is 5.43. The molecule has 164 valence electrons. The number of aliphatic carboxylic acids is 1. The van der Waals surface area contributed by atoms with Crippen LogP contribution in [0.2, 0.25) is 0 Å². The van der Waals surface area contributed by atoms with E-state index in [2.05, 4.69) is 16.4 Å². The lowest BCUT2D eigenvalue weighted by molar-refractivity contribution is -0.397. The van der Waals surface area contributed by atoms with Gasteiger partial charge in [0.15, 0.2) is 0 Å². The summed E-state index contributed by atoms with van der Waals surface area (Å²) in [6.45, 7) is 4.82. The number of quaternary nitrogens is 1. The van der Waals surface area contributed by atoms with Crippen molar-refractivity contribution in [1.82, 2.24) is 5.32 Å². The number of rotatable bonds is 7. The van der Waals surface area contributed by atoms with Gasteiger partial charge in [0, 0.05) is 17.7 Å². The van der Waals surface area contributed by atoms with E-state index >= 15 is 0 Å². The maximum absolute atomic E-state index is 12.4. The zero-order valence-electron chi connectivity index (χ0n) is 17.9. The lowest BCUT2D eigenvalue weighted by Gasteiger charge is -2.30. The minimum Gasteiger partial charge on any atom is -0.480 e. The highest BCUT2D eigenvalue weighted by molar-refractivity contribution is 6.03. The predicted molar refractivity (Wildman–Crippen MR) is 114 cm³/mol. The molecule has 30 heavy (non-hydrogen) atoms. The molecule has 1 unspecified atom stereocenters. The van der Waals surface area contributed by atoms with Crippen LogP contribution in [0.3, 0.4) is 0 Å². The van der Waals surface area contributed by atoms with Crippen molar-refractivity contribution >= 4 is 23.5 Å². The van der Waals surface area contributed by atoms with Crippen LogP contribution in [0, 0.1) is 5.92 Å². The van der Waals surface area contributed by atoms with Gasteiger partial charge in [-0.15, -0.1) is 0 Å². The number of nitrogens with two attached hydrogens (primary N) is 1. The minimum absolute atomic E-state index is 0.0504. The fourth-order valence-electron chi connectivity index (χ4n) is 3.58. The summed E-state index contributed by atoms with van der Waals surface area (Å²) in [7, 11) is 0. The van der Waals surface area contributed by atoms with Crippen LogP contribution in [-0.4, -0.2) is 34.5 Å². The first-order valence-corrected chi connectivity index (χ1v) is 10.3. The molecule has 1 saturated carbocycles. The third-order valence-corrected chi connectivity index (χ3v) is 5.43. The second-order valence-electron chi connectivity index (χ2n) is 8.64. The molecule has 1 fully saturated rings. The first kappa shape index (κ1) is 23.4. The lowest BCUT2D eigenvalue weighted by Crippen LogP contribution is -2.58. The molecule has 0 heterocycles. The van der Waals surface area contributed by atoms with E-state index in [-0.39, 0.29) is 29.5 Å². The zero-order chi connectivity index (χ0) is 22.5. The zero-order valence-corrected chi connectivity index (χ0v) is 17.9. The minimum atomic E-state index is -1.27. The van der Waals surface area contributed by atoms with Crippen molar-refractivity contribution in [3.63, 3.8) is 0 Å². The maximum atomic E-state index is 12.4. The van der Waals surface area contributed by atoms with Gasteiger partial charge in [-0.1, -0.05) is 12.1 Å². The van der Waals surface area contributed by atoms with Crippen molar-refractivity contribution in [3.8, 4) is 0 Å². The summed E-state index contributed by atoms with van der Waals surface area (Å²) in [5.41, 5.74) is 10.2. The molecule has 1 aromatic rings. The Morgan fingerprint density at radius 3 is 2.23 bits per heavy atom. The normalized spacial score (nSPS) is 20.9. The smallest absolute Gasteiger partial charge is 0.328 e. The molecule has 8 heteroatoms. The average molecular weight is 418 g/mol. The Morgan fingerprint density at radius 2 is 1.73 bits per heavy atom. The highest BCUT2D eigenvalue weighted by Crippen LogP contribution is 2.36. The molecule has 1 aromatic carbocycles. The molecule has 0 radical (unpaired) electrons. The van der Waals surface area contributed by atoms with Gasteiger partial charge in [0.05, 0.1) is 5.70 Å². The number of carbonyl (C=O) groups excluding carboxylic acids is 2. The number of carboxylic acid groups (broad SMARTS) is 1. The average Bonchev–Trinajstić information content (AvgIpc) is 2.67. The highest BCUT2D eigenvalue weighted by Gasteiger charge is 2.33. The van der Waals surface area contributed by atoms with Crippen LogP contribution in [0.5, 0.6) is 0 Å². The molecule has 0 bridgehead atoms. The number of anilines is 1. The third kappa shape index (κ3) is 6.32. The highest BCUT2D eigenvalue weighted by atomic mass is 16.4. The number of hydrogen-bond acceptors (Lipinski definition) is 4. The van der Waals surface area contributed by atoms with Crippen molar-refractivity contribution in [2.45, 2.75) is 64.0 Å². The fourth-order valence-corrected chi connectivity index (χ4v) is 3.58. The lowest BCUT2D eigenvalue weighted by atomic mass is 9.78. The van der Waals surface area contributed by atoms with Gasteiger partial charge in [-0.05, 0) is 70.1 Å². The van der Waals surface area contributed by atoms with Gasteiger partial charge in [0.2, 0.25) is 5.91 Å². The molecule has 8 nitrogen and oxygen atoms in total. The van der Waals surface area contributed by atoms with Crippen molar-refractivity contribution in [2.24, 2.45) is 11.7 Å². The van der Waals surface area contributed by atoms with Crippen LogP contribution in [-0.2, 0) is 14.4 Å². The molecule has 0 saturated heterocycles. The van der Waals surface area contributed by atoms with E-state index in [0.717, 1.165) is 31.2 Å². The number of carbonyl (C=O) groups is 3. The van der Waals surface area contributed by atoms with Gasteiger partial charge in [-0.2, -0.15) is 0 Å². The Labute approximate surface area is 177 Å². The standard InChI is InChI=1S/C22H32N4O4/c1-13(23)12-18(24)20(28)25-17-10-8-15(9-11-17)14-4-6-16(7-5-14)19(27)26-22(2,3)21(29)30/h8-14,16H,4-7,23-24H2,1-3H3,(H,25,28)(H,26,27)(H,29,30)/p+1/b18-12-. The van der Waals surface area contributed by atoms with E-state index in [0.29, 0.717) is 11.6 Å². The molecule has 8 N–H and O–H groups in total. The van der Waals surface area contributed by atoms with Crippen molar-refractivity contribution in [2.75, 3.05) is 5.32 Å². The van der Waals surface area contributed by atoms with E-state index in [9.17, 15) is 19.5 Å². The second-order valence-corrected chi connectivity index (χ2v) is 8.64. The number of hydrogen-bond donors (Lipinski definition) is 5. The van der Waals surface area contributed by atoms with Gasteiger partial charge in [-0.25, -0.2) is 4.79 Å². The molecular weight excluding hydrogens is 384 g/mol. The van der Waals surface area contributed by atoms with E-state index in [4.69, 9.17) is 5.73 Å². The fraction of sp³-hybridized carbons (Fsp3) is 0.500. The molecule has 2 rings (SSSR count). The Kier molecular flexibility index (Phi) is 7.61. The maximum Gasteiger partial charge on any atom is 0.328 e. The van der Waals surface area contributed by atoms with E-state index in [1.54, 1.807) is 6.08 Å². The topological polar surface area (TPSA) is 149 Å². The Hall–Kier alpha value is -2.87. The monoisotopic (exact) mass is 417 g/mol. The summed E-state index contributed by atoms with van der Waals surface area (Å²) < 4.78 is 0. The van der Waals surface area contributed by atoms with E-state index < -0.39 is 11.5 Å². The van der Waals surface area contributed by atoms with Gasteiger partial charge < -0.3 is 27.2 Å². The molecular formula is C22H33N4O4+. The van der Waals surface area contributed by atoms with E-state index in [1.165, 1.54) is 13.8 Å². The summed E-state index contributed by atoms with van der Waals surface area (Å²) in [5.74, 6) is -1.42. The quantitative estimate of drug-likeness (QED) is 0.425. The molecule has 0 aromatic heterocycles. The van der Waals surface area contributed by atoms with Gasteiger partial charge in [0.1, 0.15) is 11.6 Å². The summed E-state index contributed by atoms with van der Waals surface area (Å²) in [4.78, 5) is 35.7. The number of amides is 2. The van der Waals surface area contributed by atoms with Crippen LogP contribution >= 0.6 is 0 Å². The molecule has 1 aliphatic carbocycles. The van der Waals surface area contributed by atoms with Crippen molar-refractivity contribution in [3.05, 3.63) is 41.6 Å². The summed E-state index contributed by atoms with van der Waals surface area (Å²) in [6.07, 6.45) is 4.75. The largest absolute Gasteiger partial charge is 0.480 e. The molecule has 0 aliphatic heterocycles. The van der Waals surface area contributed by atoms with Gasteiger partial charge >= 0.3 is 5.97 Å². The summed E-state index contributed by atoms with van der Waals surface area (Å²) in [6, 6.07) is 7.62. The Bertz CT molecular complexity index is 807. The van der Waals surface area contributed by atoms with Gasteiger partial charge in [0.25, 0.3) is 5.91 Å². The predicted octanol–water partition coefficient (Wildman–Crippen LogP) is 1.35. The summed E-state index contributed by atoms with van der Waals surface area (Å²) in [5, 5.41) is 14.6. The summed E-state index contributed by atoms with van der Waals surface area (Å²) >= 11 is 0.